The summed E-state index contributed by atoms with van der Waals surface area (Å²) in [5.74, 6) is -0.827. The van der Waals surface area contributed by atoms with Crippen LogP contribution in [0.5, 0.6) is 11.5 Å². The number of carbonyl (C=O) groups is 2. The molecule has 172 valence electrons. The van der Waals surface area contributed by atoms with Crippen LogP contribution in [-0.4, -0.2) is 24.1 Å². The Kier molecular flexibility index (Phi) is 8.30. The molecule has 0 aliphatic rings. The van der Waals surface area contributed by atoms with Crippen LogP contribution in [0.3, 0.4) is 0 Å². The van der Waals surface area contributed by atoms with E-state index in [-0.39, 0.29) is 17.7 Å². The predicted octanol–water partition coefficient (Wildman–Crippen LogP) is 5.93. The molecule has 3 aromatic rings. The maximum Gasteiger partial charge on any atom is 0.335 e. The maximum atomic E-state index is 12.6. The number of hydrogen-bond acceptors (Lipinski definition) is 5. The van der Waals surface area contributed by atoms with Crippen molar-refractivity contribution in [2.24, 2.45) is 0 Å². The van der Waals surface area contributed by atoms with Gasteiger partial charge in [-0.1, -0.05) is 23.7 Å². The first-order chi connectivity index (χ1) is 16.3. The van der Waals surface area contributed by atoms with Crippen LogP contribution in [0.1, 0.15) is 21.5 Å². The van der Waals surface area contributed by atoms with E-state index in [4.69, 9.17) is 26.2 Å². The Morgan fingerprint density at radius 2 is 1.82 bits per heavy atom. The van der Waals surface area contributed by atoms with Gasteiger partial charge in [-0.25, -0.2) is 4.79 Å². The molecular weight excluding hydrogens is 524 g/mol. The molecule has 0 atom stereocenters. The first kappa shape index (κ1) is 24.8. The third kappa shape index (κ3) is 6.38. The minimum Gasteiger partial charge on any atom is -0.493 e. The van der Waals surface area contributed by atoms with Gasteiger partial charge < -0.3 is 19.9 Å². The van der Waals surface area contributed by atoms with Crippen LogP contribution in [0.25, 0.3) is 6.08 Å². The lowest BCUT2D eigenvalue weighted by molar-refractivity contribution is -0.112. The second-order valence-electron chi connectivity index (χ2n) is 6.96. The number of anilines is 1. The minimum absolute atomic E-state index is 0.0874. The molecule has 0 saturated heterocycles. The number of hydrogen-bond donors (Lipinski definition) is 2. The quantitative estimate of drug-likeness (QED) is 0.270. The highest BCUT2D eigenvalue weighted by Crippen LogP contribution is 2.38. The van der Waals surface area contributed by atoms with E-state index >= 15 is 0 Å². The summed E-state index contributed by atoms with van der Waals surface area (Å²) in [5, 5.41) is 21.7. The molecular formula is C25H18BrClN2O5. The van der Waals surface area contributed by atoms with E-state index < -0.39 is 11.9 Å². The minimum atomic E-state index is -1.07. The molecule has 0 bridgehead atoms. The van der Waals surface area contributed by atoms with Gasteiger partial charge in [0.1, 0.15) is 18.2 Å². The van der Waals surface area contributed by atoms with Crippen molar-refractivity contribution in [1.29, 1.82) is 5.26 Å². The molecule has 2 N–H and O–H groups in total. The lowest BCUT2D eigenvalue weighted by Crippen LogP contribution is -2.13. The Hall–Kier alpha value is -3.80. The molecule has 0 saturated carbocycles. The zero-order valence-electron chi connectivity index (χ0n) is 17.8. The summed E-state index contributed by atoms with van der Waals surface area (Å²) >= 11 is 9.37. The van der Waals surface area contributed by atoms with Gasteiger partial charge in [-0.2, -0.15) is 5.26 Å². The molecule has 1 amide bonds. The maximum absolute atomic E-state index is 12.6. The van der Waals surface area contributed by atoms with Gasteiger partial charge in [-0.05, 0) is 81.7 Å². The van der Waals surface area contributed by atoms with Crippen molar-refractivity contribution in [3.8, 4) is 17.6 Å². The van der Waals surface area contributed by atoms with Gasteiger partial charge in [0.05, 0.1) is 17.1 Å². The van der Waals surface area contributed by atoms with Crippen molar-refractivity contribution in [2.45, 2.75) is 6.61 Å². The number of nitrogens with zero attached hydrogens (tertiary/aromatic N) is 1. The van der Waals surface area contributed by atoms with Gasteiger partial charge in [0, 0.05) is 10.7 Å². The van der Waals surface area contributed by atoms with Crippen molar-refractivity contribution in [3.63, 3.8) is 0 Å². The van der Waals surface area contributed by atoms with Crippen LogP contribution >= 0.6 is 27.5 Å². The summed E-state index contributed by atoms with van der Waals surface area (Å²) in [5.41, 5.74) is 1.76. The summed E-state index contributed by atoms with van der Waals surface area (Å²) in [6, 6.07) is 18.1. The van der Waals surface area contributed by atoms with E-state index in [1.807, 2.05) is 18.2 Å². The molecule has 0 aliphatic heterocycles. The Balaban J connectivity index is 1.78. The predicted molar refractivity (Wildman–Crippen MR) is 132 cm³/mol. The summed E-state index contributed by atoms with van der Waals surface area (Å²) < 4.78 is 11.9. The van der Waals surface area contributed by atoms with Gasteiger partial charge in [0.15, 0.2) is 11.5 Å². The molecule has 9 heteroatoms. The number of carboxylic acid groups (broad SMARTS) is 1. The number of amides is 1. The average Bonchev–Trinajstić information content (AvgIpc) is 2.82. The highest BCUT2D eigenvalue weighted by atomic mass is 79.9. The van der Waals surface area contributed by atoms with Crippen LogP contribution in [-0.2, 0) is 11.4 Å². The van der Waals surface area contributed by atoms with Gasteiger partial charge in [-0.3, -0.25) is 4.79 Å². The first-order valence-electron chi connectivity index (χ1n) is 9.82. The molecule has 0 fully saturated rings. The van der Waals surface area contributed by atoms with E-state index in [9.17, 15) is 14.9 Å². The number of carboxylic acids is 1. The number of nitriles is 1. The number of methoxy groups -OCH3 is 1. The highest BCUT2D eigenvalue weighted by Gasteiger charge is 2.15. The number of carbonyl (C=O) groups excluding carboxylic acids is 1. The SMILES string of the molecule is COc1cc(/C=C(\C#N)C(=O)Nc2ccc(C(=O)O)cc2)cc(Br)c1OCc1ccc(Cl)cc1. The van der Waals surface area contributed by atoms with E-state index in [0.717, 1.165) is 5.56 Å². The fourth-order valence-corrected chi connectivity index (χ4v) is 3.61. The number of benzene rings is 3. The highest BCUT2D eigenvalue weighted by molar-refractivity contribution is 9.10. The van der Waals surface area contributed by atoms with Gasteiger partial charge in [0.25, 0.3) is 5.91 Å². The molecule has 0 heterocycles. The Morgan fingerprint density at radius 3 is 2.41 bits per heavy atom. The van der Waals surface area contributed by atoms with Crippen LogP contribution in [0.4, 0.5) is 5.69 Å². The third-order valence-electron chi connectivity index (χ3n) is 4.61. The molecule has 34 heavy (non-hydrogen) atoms. The summed E-state index contributed by atoms with van der Waals surface area (Å²) in [4.78, 5) is 23.5. The molecule has 3 rings (SSSR count). The second-order valence-corrected chi connectivity index (χ2v) is 8.25. The number of rotatable bonds is 8. The third-order valence-corrected chi connectivity index (χ3v) is 5.46. The summed E-state index contributed by atoms with van der Waals surface area (Å²) in [6.45, 7) is 0.286. The summed E-state index contributed by atoms with van der Waals surface area (Å²) in [6.07, 6.45) is 1.41. The second kappa shape index (κ2) is 11.4. The molecule has 0 radical (unpaired) electrons. The van der Waals surface area contributed by atoms with E-state index in [1.165, 1.54) is 37.5 Å². The fraction of sp³-hybridized carbons (Fsp3) is 0.0800. The van der Waals surface area contributed by atoms with Gasteiger partial charge >= 0.3 is 5.97 Å². The Labute approximate surface area is 209 Å². The zero-order chi connectivity index (χ0) is 24.7. The van der Waals surface area contributed by atoms with E-state index in [2.05, 4.69) is 21.2 Å². The smallest absolute Gasteiger partial charge is 0.335 e. The molecule has 0 unspecified atom stereocenters. The fourth-order valence-electron chi connectivity index (χ4n) is 2.91. The standard InChI is InChI=1S/C25H18BrClN2O5/c1-33-22-12-16(11-21(26)23(22)34-14-15-2-6-19(27)7-3-15)10-18(13-28)24(30)29-20-8-4-17(5-9-20)25(31)32/h2-12H,14H2,1H3,(H,29,30)(H,31,32)/b18-10+. The monoisotopic (exact) mass is 540 g/mol. The average molecular weight is 542 g/mol. The van der Waals surface area contributed by atoms with Crippen LogP contribution in [0.2, 0.25) is 5.02 Å². The molecule has 3 aromatic carbocycles. The summed E-state index contributed by atoms with van der Waals surface area (Å²) in [7, 11) is 1.49. The molecule has 0 aromatic heterocycles. The Bertz CT molecular complexity index is 1280. The van der Waals surface area contributed by atoms with Crippen LogP contribution in [0, 0.1) is 11.3 Å². The zero-order valence-corrected chi connectivity index (χ0v) is 20.2. The van der Waals surface area contributed by atoms with Crippen molar-refractivity contribution >= 4 is 51.2 Å². The number of nitrogens with one attached hydrogen (secondary N) is 1. The largest absolute Gasteiger partial charge is 0.493 e. The molecule has 0 spiro atoms. The molecule has 0 aliphatic carbocycles. The molecule has 7 nitrogen and oxygen atoms in total. The first-order valence-corrected chi connectivity index (χ1v) is 11.0. The topological polar surface area (TPSA) is 109 Å². The van der Waals surface area contributed by atoms with Crippen LogP contribution < -0.4 is 14.8 Å². The van der Waals surface area contributed by atoms with E-state index in [0.29, 0.717) is 32.2 Å². The van der Waals surface area contributed by atoms with Crippen molar-refractivity contribution in [3.05, 3.63) is 92.4 Å². The number of aromatic carboxylic acids is 1. The lowest BCUT2D eigenvalue weighted by Gasteiger charge is -2.14. The number of ether oxygens (including phenoxy) is 2. The normalized spacial score (nSPS) is 10.8. The lowest BCUT2D eigenvalue weighted by atomic mass is 10.1. The Morgan fingerprint density at radius 1 is 1.15 bits per heavy atom. The van der Waals surface area contributed by atoms with E-state index in [1.54, 1.807) is 24.3 Å². The van der Waals surface area contributed by atoms with Crippen molar-refractivity contribution < 1.29 is 24.2 Å². The van der Waals surface area contributed by atoms with Crippen molar-refractivity contribution in [1.82, 2.24) is 0 Å². The van der Waals surface area contributed by atoms with Crippen molar-refractivity contribution in [2.75, 3.05) is 12.4 Å². The van der Waals surface area contributed by atoms with Gasteiger partial charge in [0.2, 0.25) is 0 Å². The number of halogens is 2. The van der Waals surface area contributed by atoms with Crippen LogP contribution in [0.15, 0.2) is 70.7 Å². The van der Waals surface area contributed by atoms with Gasteiger partial charge in [-0.15, -0.1) is 0 Å².